The minimum atomic E-state index is -0.196. The van der Waals surface area contributed by atoms with E-state index < -0.39 is 0 Å². The van der Waals surface area contributed by atoms with Gasteiger partial charge in [0.25, 0.3) is 0 Å². The van der Waals surface area contributed by atoms with Gasteiger partial charge in [-0.05, 0) is 6.42 Å². The average molecular weight is 252 g/mol. The smallest absolute Gasteiger partial charge is 0.139 e. The van der Waals surface area contributed by atoms with E-state index in [1.165, 1.54) is 5.70 Å². The monoisotopic (exact) mass is 252 g/mol. The standard InChI is InChI=1S/C15H28N2O/c1-6-13(2)17-11-9-16(10-12-17)8-7-14(18)15(3,4)5/h2,6-12H2,1,3-5H3. The summed E-state index contributed by atoms with van der Waals surface area (Å²) in [6.45, 7) is 17.3. The van der Waals surface area contributed by atoms with Crippen LogP contribution >= 0.6 is 0 Å². The molecule has 1 fully saturated rings. The predicted molar refractivity (Wildman–Crippen MR) is 76.5 cm³/mol. The lowest BCUT2D eigenvalue weighted by molar-refractivity contribution is -0.126. The van der Waals surface area contributed by atoms with Crippen molar-refractivity contribution in [3.63, 3.8) is 0 Å². The number of nitrogens with zero attached hydrogens (tertiary/aromatic N) is 2. The minimum Gasteiger partial charge on any atom is -0.373 e. The predicted octanol–water partition coefficient (Wildman–Crippen LogP) is 2.53. The number of Topliss-reactive ketones (excluding diaryl/α,β-unsaturated/α-hetero) is 1. The summed E-state index contributed by atoms with van der Waals surface area (Å²) in [5.74, 6) is 0.364. The summed E-state index contributed by atoms with van der Waals surface area (Å²) < 4.78 is 0. The molecular weight excluding hydrogens is 224 g/mol. The van der Waals surface area contributed by atoms with Crippen molar-refractivity contribution in [2.45, 2.75) is 40.5 Å². The largest absolute Gasteiger partial charge is 0.373 e. The Bertz CT molecular complexity index is 296. The van der Waals surface area contributed by atoms with E-state index in [4.69, 9.17) is 0 Å². The molecule has 0 saturated carbocycles. The highest BCUT2D eigenvalue weighted by molar-refractivity contribution is 5.83. The highest BCUT2D eigenvalue weighted by Crippen LogP contribution is 2.17. The molecule has 3 heteroatoms. The van der Waals surface area contributed by atoms with E-state index in [1.807, 2.05) is 20.8 Å². The molecule has 1 aliphatic heterocycles. The first-order chi connectivity index (χ1) is 8.34. The first-order valence-electron chi connectivity index (χ1n) is 7.03. The van der Waals surface area contributed by atoms with Crippen molar-refractivity contribution in [2.24, 2.45) is 5.41 Å². The van der Waals surface area contributed by atoms with Crippen LogP contribution in [0.2, 0.25) is 0 Å². The van der Waals surface area contributed by atoms with Crippen LogP contribution in [0.15, 0.2) is 12.3 Å². The molecule has 1 rings (SSSR count). The van der Waals surface area contributed by atoms with Gasteiger partial charge in [-0.1, -0.05) is 34.3 Å². The van der Waals surface area contributed by atoms with Gasteiger partial charge >= 0.3 is 0 Å². The molecule has 0 bridgehead atoms. The molecular formula is C15H28N2O. The SMILES string of the molecule is C=C(CC)N1CCN(CCC(=O)C(C)(C)C)CC1. The Morgan fingerprint density at radius 2 is 1.72 bits per heavy atom. The summed E-state index contributed by atoms with van der Waals surface area (Å²) in [5.41, 5.74) is 1.04. The van der Waals surface area contributed by atoms with E-state index in [1.54, 1.807) is 0 Å². The van der Waals surface area contributed by atoms with Crippen molar-refractivity contribution in [2.75, 3.05) is 32.7 Å². The van der Waals surface area contributed by atoms with Gasteiger partial charge < -0.3 is 4.90 Å². The van der Waals surface area contributed by atoms with E-state index in [-0.39, 0.29) is 5.41 Å². The van der Waals surface area contributed by atoms with Gasteiger partial charge in [0.15, 0.2) is 0 Å². The summed E-state index contributed by atoms with van der Waals surface area (Å²) in [4.78, 5) is 16.6. The van der Waals surface area contributed by atoms with Crippen LogP contribution in [0.5, 0.6) is 0 Å². The summed E-state index contributed by atoms with van der Waals surface area (Å²) in [5, 5.41) is 0. The molecule has 1 saturated heterocycles. The molecule has 3 nitrogen and oxygen atoms in total. The first-order valence-corrected chi connectivity index (χ1v) is 7.03. The third-order valence-electron chi connectivity index (χ3n) is 3.72. The second-order valence-electron chi connectivity index (χ2n) is 6.17. The van der Waals surface area contributed by atoms with E-state index in [2.05, 4.69) is 23.3 Å². The van der Waals surface area contributed by atoms with Crippen molar-refractivity contribution in [1.29, 1.82) is 0 Å². The average Bonchev–Trinajstić information content (AvgIpc) is 2.34. The highest BCUT2D eigenvalue weighted by atomic mass is 16.1. The highest BCUT2D eigenvalue weighted by Gasteiger charge is 2.23. The maximum absolute atomic E-state index is 11.9. The van der Waals surface area contributed by atoms with Gasteiger partial charge in [-0.3, -0.25) is 9.69 Å². The molecule has 1 aliphatic rings. The van der Waals surface area contributed by atoms with Gasteiger partial charge in [-0.25, -0.2) is 0 Å². The number of hydrogen-bond acceptors (Lipinski definition) is 3. The molecule has 0 spiro atoms. The topological polar surface area (TPSA) is 23.6 Å². The van der Waals surface area contributed by atoms with Crippen LogP contribution in [-0.2, 0) is 4.79 Å². The number of carbonyl (C=O) groups excluding carboxylic acids is 1. The molecule has 0 radical (unpaired) electrons. The Balaban J connectivity index is 2.28. The third kappa shape index (κ3) is 4.45. The van der Waals surface area contributed by atoms with Gasteiger partial charge in [-0.15, -0.1) is 0 Å². The molecule has 0 atom stereocenters. The van der Waals surface area contributed by atoms with Crippen LogP contribution in [0, 0.1) is 5.41 Å². The maximum atomic E-state index is 11.9. The van der Waals surface area contributed by atoms with Crippen LogP contribution in [0.25, 0.3) is 0 Å². The summed E-state index contributed by atoms with van der Waals surface area (Å²) in [7, 11) is 0. The minimum absolute atomic E-state index is 0.196. The number of rotatable bonds is 5. The molecule has 104 valence electrons. The maximum Gasteiger partial charge on any atom is 0.139 e. The number of ketones is 1. The molecule has 18 heavy (non-hydrogen) atoms. The Kier molecular flexibility index (Phi) is 5.39. The third-order valence-corrected chi connectivity index (χ3v) is 3.72. The van der Waals surface area contributed by atoms with Gasteiger partial charge in [0.2, 0.25) is 0 Å². The number of hydrogen-bond donors (Lipinski definition) is 0. The van der Waals surface area contributed by atoms with Gasteiger partial charge in [-0.2, -0.15) is 0 Å². The zero-order valence-electron chi connectivity index (χ0n) is 12.5. The second kappa shape index (κ2) is 6.37. The Morgan fingerprint density at radius 1 is 1.17 bits per heavy atom. The molecule has 0 amide bonds. The van der Waals surface area contributed by atoms with Crippen LogP contribution in [0.3, 0.4) is 0 Å². The quantitative estimate of drug-likeness (QED) is 0.751. The zero-order chi connectivity index (χ0) is 13.8. The lowest BCUT2D eigenvalue weighted by Gasteiger charge is -2.37. The molecule has 0 unspecified atom stereocenters. The number of allylic oxidation sites excluding steroid dienone is 1. The van der Waals surface area contributed by atoms with Crippen LogP contribution in [0.4, 0.5) is 0 Å². The van der Waals surface area contributed by atoms with Gasteiger partial charge in [0, 0.05) is 50.3 Å². The van der Waals surface area contributed by atoms with E-state index in [0.29, 0.717) is 12.2 Å². The Hall–Kier alpha value is -0.830. The summed E-state index contributed by atoms with van der Waals surface area (Å²) in [6.07, 6.45) is 1.71. The summed E-state index contributed by atoms with van der Waals surface area (Å²) >= 11 is 0. The molecule has 1 heterocycles. The van der Waals surface area contributed by atoms with Crippen LogP contribution in [-0.4, -0.2) is 48.3 Å². The molecule has 0 aromatic carbocycles. The molecule has 0 aliphatic carbocycles. The van der Waals surface area contributed by atoms with Crippen LogP contribution < -0.4 is 0 Å². The zero-order valence-corrected chi connectivity index (χ0v) is 12.5. The van der Waals surface area contributed by atoms with Crippen molar-refractivity contribution in [3.8, 4) is 0 Å². The first kappa shape index (κ1) is 15.2. The molecule has 0 aromatic rings. The normalized spacial score (nSPS) is 17.9. The molecule has 0 N–H and O–H groups in total. The van der Waals surface area contributed by atoms with Gasteiger partial charge in [0.1, 0.15) is 5.78 Å². The molecule has 0 aromatic heterocycles. The fraction of sp³-hybridized carbons (Fsp3) is 0.800. The lowest BCUT2D eigenvalue weighted by Crippen LogP contribution is -2.46. The van der Waals surface area contributed by atoms with Crippen LogP contribution in [0.1, 0.15) is 40.5 Å². The summed E-state index contributed by atoms with van der Waals surface area (Å²) in [6, 6.07) is 0. The van der Waals surface area contributed by atoms with Crippen molar-refractivity contribution in [3.05, 3.63) is 12.3 Å². The van der Waals surface area contributed by atoms with Crippen molar-refractivity contribution in [1.82, 2.24) is 9.80 Å². The number of piperazine rings is 1. The van der Waals surface area contributed by atoms with E-state index >= 15 is 0 Å². The number of carbonyl (C=O) groups is 1. The Labute approximate surface area is 112 Å². The second-order valence-corrected chi connectivity index (χ2v) is 6.17. The van der Waals surface area contributed by atoms with E-state index in [9.17, 15) is 4.79 Å². The Morgan fingerprint density at radius 3 is 2.17 bits per heavy atom. The van der Waals surface area contributed by atoms with Gasteiger partial charge in [0.05, 0.1) is 0 Å². The lowest BCUT2D eigenvalue weighted by atomic mass is 9.89. The van der Waals surface area contributed by atoms with Crippen molar-refractivity contribution >= 4 is 5.78 Å². The van der Waals surface area contributed by atoms with Crippen molar-refractivity contribution < 1.29 is 4.79 Å². The fourth-order valence-corrected chi connectivity index (χ4v) is 2.15. The fourth-order valence-electron chi connectivity index (χ4n) is 2.15. The van der Waals surface area contributed by atoms with E-state index in [0.717, 1.165) is 39.1 Å².